The van der Waals surface area contributed by atoms with Crippen LogP contribution in [0.25, 0.3) is 0 Å². The Labute approximate surface area is 120 Å². The fourth-order valence-corrected chi connectivity index (χ4v) is 1.50. The Morgan fingerprint density at radius 3 is 2.26 bits per heavy atom. The average molecular weight is 264 g/mol. The molecule has 0 amide bonds. The zero-order chi connectivity index (χ0) is 15.1. The van der Waals surface area contributed by atoms with Gasteiger partial charge in [-0.1, -0.05) is 52.3 Å². The number of hydrogen-bond acceptors (Lipinski definition) is 2. The molecule has 0 bridgehead atoms. The molecular formula is C17H32N2. The summed E-state index contributed by atoms with van der Waals surface area (Å²) >= 11 is 0. The van der Waals surface area contributed by atoms with Gasteiger partial charge in [-0.05, 0) is 32.3 Å². The van der Waals surface area contributed by atoms with Crippen molar-refractivity contribution in [1.29, 1.82) is 0 Å². The Bertz CT molecular complexity index is 320. The van der Waals surface area contributed by atoms with Crippen LogP contribution in [0.2, 0.25) is 0 Å². The average Bonchev–Trinajstić information content (AvgIpc) is 2.46. The number of rotatable bonds is 7. The van der Waals surface area contributed by atoms with E-state index >= 15 is 0 Å². The number of unbranched alkanes of at least 4 members (excludes halogenated alkanes) is 1. The summed E-state index contributed by atoms with van der Waals surface area (Å²) in [4.78, 5) is 4.38. The second-order valence-electron chi connectivity index (χ2n) is 3.89. The van der Waals surface area contributed by atoms with Crippen LogP contribution in [0.15, 0.2) is 40.2 Å². The lowest BCUT2D eigenvalue weighted by atomic mass is 10.0. The Morgan fingerprint density at radius 2 is 1.84 bits per heavy atom. The Kier molecular flexibility index (Phi) is 15.5. The highest BCUT2D eigenvalue weighted by molar-refractivity contribution is 5.57. The summed E-state index contributed by atoms with van der Waals surface area (Å²) < 4.78 is 0. The van der Waals surface area contributed by atoms with E-state index in [2.05, 4.69) is 49.3 Å². The molecule has 110 valence electrons. The molecule has 0 rings (SSSR count). The molecule has 0 aromatic rings. The van der Waals surface area contributed by atoms with Gasteiger partial charge in [-0.25, -0.2) is 4.99 Å². The van der Waals surface area contributed by atoms with E-state index in [0.29, 0.717) is 0 Å². The largest absolute Gasteiger partial charge is 0.373 e. The van der Waals surface area contributed by atoms with Gasteiger partial charge in [0.05, 0.1) is 0 Å². The van der Waals surface area contributed by atoms with Gasteiger partial charge in [0, 0.05) is 18.8 Å². The van der Waals surface area contributed by atoms with Crippen LogP contribution in [-0.2, 0) is 0 Å². The normalized spacial score (nSPS) is 13.3. The third kappa shape index (κ3) is 9.29. The van der Waals surface area contributed by atoms with Crippen molar-refractivity contribution in [3.8, 4) is 0 Å². The van der Waals surface area contributed by atoms with Crippen molar-refractivity contribution < 1.29 is 0 Å². The van der Waals surface area contributed by atoms with Crippen LogP contribution in [-0.4, -0.2) is 13.3 Å². The summed E-state index contributed by atoms with van der Waals surface area (Å²) in [6.45, 7) is 12.4. The summed E-state index contributed by atoms with van der Waals surface area (Å²) in [5.41, 5.74) is 2.47. The van der Waals surface area contributed by atoms with E-state index in [-0.39, 0.29) is 0 Å². The Balaban J connectivity index is 0. The molecule has 0 unspecified atom stereocenters. The highest BCUT2D eigenvalue weighted by Gasteiger charge is 2.02. The lowest BCUT2D eigenvalue weighted by Gasteiger charge is -2.09. The number of aliphatic imine (C=N–C) groups is 1. The van der Waals surface area contributed by atoms with Crippen LogP contribution < -0.4 is 5.32 Å². The summed E-state index contributed by atoms with van der Waals surface area (Å²) in [5, 5.41) is 3.16. The number of hydrogen-bond donors (Lipinski definition) is 1. The Hall–Kier alpha value is -1.31. The summed E-state index contributed by atoms with van der Waals surface area (Å²) in [7, 11) is 1.91. The minimum Gasteiger partial charge on any atom is -0.373 e. The zero-order valence-corrected chi connectivity index (χ0v) is 13.9. The highest BCUT2D eigenvalue weighted by atomic mass is 15.0. The SMILES string of the molecule is CC.C\C=N/C(NC)=C(/C=C\CC)C(\C)=C\CCC. The van der Waals surface area contributed by atoms with Gasteiger partial charge in [0.15, 0.2) is 0 Å². The van der Waals surface area contributed by atoms with Gasteiger partial charge in [-0.3, -0.25) is 0 Å². The molecule has 19 heavy (non-hydrogen) atoms. The maximum Gasteiger partial charge on any atom is 0.132 e. The van der Waals surface area contributed by atoms with Crippen molar-refractivity contribution >= 4 is 6.21 Å². The predicted octanol–water partition coefficient (Wildman–Crippen LogP) is 5.25. The fraction of sp³-hybridized carbons (Fsp3) is 0.588. The van der Waals surface area contributed by atoms with Crippen molar-refractivity contribution in [3.05, 3.63) is 35.2 Å². The van der Waals surface area contributed by atoms with Gasteiger partial charge in [-0.15, -0.1) is 0 Å². The molecule has 0 aliphatic carbocycles. The van der Waals surface area contributed by atoms with Gasteiger partial charge in [0.1, 0.15) is 5.82 Å². The zero-order valence-electron chi connectivity index (χ0n) is 13.9. The first-order valence-electron chi connectivity index (χ1n) is 7.45. The van der Waals surface area contributed by atoms with E-state index in [9.17, 15) is 0 Å². The van der Waals surface area contributed by atoms with E-state index in [1.165, 1.54) is 17.6 Å². The summed E-state index contributed by atoms with van der Waals surface area (Å²) in [5.74, 6) is 0.932. The van der Waals surface area contributed by atoms with Crippen molar-refractivity contribution in [3.63, 3.8) is 0 Å². The number of allylic oxidation sites excluding steroid dienone is 5. The van der Waals surface area contributed by atoms with Gasteiger partial charge < -0.3 is 5.32 Å². The summed E-state index contributed by atoms with van der Waals surface area (Å²) in [6.07, 6.45) is 11.7. The topological polar surface area (TPSA) is 24.4 Å². The lowest BCUT2D eigenvalue weighted by molar-refractivity contribution is 0.931. The molecule has 2 heteroatoms. The van der Waals surface area contributed by atoms with Crippen LogP contribution in [0.3, 0.4) is 0 Å². The maximum atomic E-state index is 4.38. The van der Waals surface area contributed by atoms with Crippen molar-refractivity contribution in [2.24, 2.45) is 4.99 Å². The van der Waals surface area contributed by atoms with Gasteiger partial charge in [0.25, 0.3) is 0 Å². The van der Waals surface area contributed by atoms with E-state index in [4.69, 9.17) is 0 Å². The third-order valence-corrected chi connectivity index (χ3v) is 2.43. The second-order valence-corrected chi connectivity index (χ2v) is 3.89. The first-order valence-corrected chi connectivity index (χ1v) is 7.45. The van der Waals surface area contributed by atoms with Crippen LogP contribution >= 0.6 is 0 Å². The minimum atomic E-state index is 0.932. The van der Waals surface area contributed by atoms with E-state index in [1.807, 2.05) is 34.0 Å². The van der Waals surface area contributed by atoms with Crippen molar-refractivity contribution in [2.45, 2.75) is 60.8 Å². The van der Waals surface area contributed by atoms with Gasteiger partial charge >= 0.3 is 0 Å². The number of nitrogens with one attached hydrogen (secondary N) is 1. The molecule has 1 N–H and O–H groups in total. The van der Waals surface area contributed by atoms with Gasteiger partial charge in [-0.2, -0.15) is 0 Å². The molecule has 0 saturated carbocycles. The third-order valence-electron chi connectivity index (χ3n) is 2.43. The monoisotopic (exact) mass is 264 g/mol. The lowest BCUT2D eigenvalue weighted by Crippen LogP contribution is -2.07. The van der Waals surface area contributed by atoms with E-state index in [0.717, 1.165) is 18.7 Å². The molecule has 0 spiro atoms. The van der Waals surface area contributed by atoms with E-state index < -0.39 is 0 Å². The molecule has 0 radical (unpaired) electrons. The molecule has 0 aliphatic heterocycles. The smallest absolute Gasteiger partial charge is 0.132 e. The first-order chi connectivity index (χ1) is 9.21. The van der Waals surface area contributed by atoms with Crippen LogP contribution in [0.4, 0.5) is 0 Å². The van der Waals surface area contributed by atoms with Crippen LogP contribution in [0.5, 0.6) is 0 Å². The molecular weight excluding hydrogens is 232 g/mol. The molecule has 2 nitrogen and oxygen atoms in total. The molecule has 0 aromatic carbocycles. The molecule has 0 aromatic heterocycles. The maximum absolute atomic E-state index is 4.38. The molecule has 0 heterocycles. The van der Waals surface area contributed by atoms with Gasteiger partial charge in [0.2, 0.25) is 0 Å². The number of nitrogens with zero attached hydrogens (tertiary/aromatic N) is 1. The van der Waals surface area contributed by atoms with Crippen molar-refractivity contribution in [1.82, 2.24) is 5.32 Å². The summed E-state index contributed by atoms with van der Waals surface area (Å²) in [6, 6.07) is 0. The van der Waals surface area contributed by atoms with Crippen LogP contribution in [0, 0.1) is 0 Å². The fourth-order valence-electron chi connectivity index (χ4n) is 1.50. The van der Waals surface area contributed by atoms with Crippen LogP contribution in [0.1, 0.15) is 60.8 Å². The predicted molar refractivity (Wildman–Crippen MR) is 89.7 cm³/mol. The van der Waals surface area contributed by atoms with E-state index in [1.54, 1.807) is 0 Å². The standard InChI is InChI=1S/C15H26N2.C2H6/c1-6-9-11-13(4)14(12-10-7-2)15(16-5)17-8-3;1-2/h8,10-12,16H,6-7,9H2,1-5H3;1-2H3/b12-10-,13-11+,15-14-,17-8-;. The Morgan fingerprint density at radius 1 is 1.21 bits per heavy atom. The molecule has 0 saturated heterocycles. The molecule has 0 aliphatic rings. The van der Waals surface area contributed by atoms with Crippen molar-refractivity contribution in [2.75, 3.05) is 7.05 Å². The second kappa shape index (κ2) is 14.7. The minimum absolute atomic E-state index is 0.932. The first kappa shape index (κ1) is 20.0. The highest BCUT2D eigenvalue weighted by Crippen LogP contribution is 2.17. The molecule has 0 atom stereocenters. The molecule has 0 fully saturated rings. The quantitative estimate of drug-likeness (QED) is 0.493.